The molecule has 0 radical (unpaired) electrons. The van der Waals surface area contributed by atoms with Gasteiger partial charge in [-0.3, -0.25) is 4.79 Å². The maximum absolute atomic E-state index is 12.1. The summed E-state index contributed by atoms with van der Waals surface area (Å²) in [7, 11) is 0. The first-order valence-corrected chi connectivity index (χ1v) is 7.39. The molecule has 0 spiro atoms. The summed E-state index contributed by atoms with van der Waals surface area (Å²) >= 11 is 0. The molecule has 0 unspecified atom stereocenters. The quantitative estimate of drug-likeness (QED) is 0.834. The molecule has 1 aliphatic rings. The van der Waals surface area contributed by atoms with E-state index < -0.39 is 0 Å². The van der Waals surface area contributed by atoms with Gasteiger partial charge in [-0.1, -0.05) is 0 Å². The van der Waals surface area contributed by atoms with Gasteiger partial charge in [-0.15, -0.1) is 0 Å². The minimum Gasteiger partial charge on any atom is -0.459 e. The third-order valence-electron chi connectivity index (χ3n) is 3.44. The summed E-state index contributed by atoms with van der Waals surface area (Å²) in [5.74, 6) is -0.230. The topological polar surface area (TPSA) is 67.4 Å². The Hall–Kier alpha value is -1.88. The average molecular weight is 290 g/mol. The lowest BCUT2D eigenvalue weighted by atomic mass is 9.97. The van der Waals surface area contributed by atoms with Crippen LogP contribution in [0.15, 0.2) is 24.3 Å². The normalized spacial score (nSPS) is 15.8. The number of anilines is 1. The van der Waals surface area contributed by atoms with E-state index in [9.17, 15) is 9.59 Å². The molecule has 2 N–H and O–H groups in total. The Morgan fingerprint density at radius 1 is 1.19 bits per heavy atom. The second-order valence-corrected chi connectivity index (χ2v) is 5.54. The number of carbonyl (C=O) groups excluding carboxylic acids is 2. The van der Waals surface area contributed by atoms with E-state index in [-0.39, 0.29) is 23.9 Å². The van der Waals surface area contributed by atoms with Crippen molar-refractivity contribution in [2.45, 2.75) is 32.8 Å². The Morgan fingerprint density at radius 2 is 1.81 bits per heavy atom. The van der Waals surface area contributed by atoms with E-state index in [1.54, 1.807) is 24.3 Å². The van der Waals surface area contributed by atoms with Gasteiger partial charge in [0.15, 0.2) is 0 Å². The number of piperidine rings is 1. The summed E-state index contributed by atoms with van der Waals surface area (Å²) in [5.41, 5.74) is 1.20. The van der Waals surface area contributed by atoms with Crippen molar-refractivity contribution in [1.82, 2.24) is 5.32 Å². The van der Waals surface area contributed by atoms with Crippen molar-refractivity contribution < 1.29 is 14.3 Å². The minimum atomic E-state index is -0.346. The van der Waals surface area contributed by atoms with Crippen molar-refractivity contribution >= 4 is 17.6 Å². The minimum absolute atomic E-state index is 0.0500. The first-order chi connectivity index (χ1) is 10.1. The first kappa shape index (κ1) is 15.5. The fourth-order valence-electron chi connectivity index (χ4n) is 2.30. The van der Waals surface area contributed by atoms with Gasteiger partial charge in [0.2, 0.25) is 5.91 Å². The fraction of sp³-hybridized carbons (Fsp3) is 0.500. The molecule has 5 heteroatoms. The molecule has 1 amide bonds. The van der Waals surface area contributed by atoms with Gasteiger partial charge in [-0.2, -0.15) is 0 Å². The zero-order valence-electron chi connectivity index (χ0n) is 12.5. The molecule has 1 saturated heterocycles. The van der Waals surface area contributed by atoms with Gasteiger partial charge in [0.05, 0.1) is 11.7 Å². The molecule has 1 aliphatic heterocycles. The van der Waals surface area contributed by atoms with Crippen molar-refractivity contribution in [2.75, 3.05) is 18.4 Å². The molecule has 1 aromatic carbocycles. The van der Waals surface area contributed by atoms with Crippen molar-refractivity contribution in [2.24, 2.45) is 5.92 Å². The Morgan fingerprint density at radius 3 is 2.38 bits per heavy atom. The summed E-state index contributed by atoms with van der Waals surface area (Å²) in [6.07, 6.45) is 1.59. The number of esters is 1. The zero-order valence-corrected chi connectivity index (χ0v) is 12.5. The first-order valence-electron chi connectivity index (χ1n) is 7.39. The highest BCUT2D eigenvalue weighted by atomic mass is 16.5. The van der Waals surface area contributed by atoms with Crippen molar-refractivity contribution in [1.29, 1.82) is 0 Å². The lowest BCUT2D eigenvalue weighted by molar-refractivity contribution is -0.120. The molecule has 0 aliphatic carbocycles. The SMILES string of the molecule is CC(C)OC(=O)c1ccc(NC(=O)C2CCNCC2)cc1. The van der Waals surface area contributed by atoms with Gasteiger partial charge in [-0.25, -0.2) is 4.79 Å². The molecule has 1 aromatic rings. The number of nitrogens with one attached hydrogen (secondary N) is 2. The smallest absolute Gasteiger partial charge is 0.338 e. The highest BCUT2D eigenvalue weighted by molar-refractivity contribution is 5.94. The Bertz CT molecular complexity index is 491. The van der Waals surface area contributed by atoms with Gasteiger partial charge >= 0.3 is 5.97 Å². The van der Waals surface area contributed by atoms with Gasteiger partial charge < -0.3 is 15.4 Å². The van der Waals surface area contributed by atoms with Gasteiger partial charge in [0, 0.05) is 11.6 Å². The predicted molar refractivity (Wildman–Crippen MR) is 81.2 cm³/mol. The van der Waals surface area contributed by atoms with E-state index >= 15 is 0 Å². The highest BCUT2D eigenvalue weighted by Gasteiger charge is 2.20. The maximum Gasteiger partial charge on any atom is 0.338 e. The lowest BCUT2D eigenvalue weighted by Gasteiger charge is -2.21. The number of carbonyl (C=O) groups is 2. The van der Waals surface area contributed by atoms with Gasteiger partial charge in [0.25, 0.3) is 0 Å². The van der Waals surface area contributed by atoms with Crippen LogP contribution in [0, 0.1) is 5.92 Å². The molecular weight excluding hydrogens is 268 g/mol. The third-order valence-corrected chi connectivity index (χ3v) is 3.44. The molecule has 0 atom stereocenters. The average Bonchev–Trinajstić information content (AvgIpc) is 2.48. The Balaban J connectivity index is 1.92. The van der Waals surface area contributed by atoms with E-state index in [1.807, 2.05) is 13.8 Å². The van der Waals surface area contributed by atoms with Crippen LogP contribution in [0.2, 0.25) is 0 Å². The second kappa shape index (κ2) is 7.22. The van der Waals surface area contributed by atoms with E-state index in [1.165, 1.54) is 0 Å². The molecule has 1 fully saturated rings. The zero-order chi connectivity index (χ0) is 15.2. The summed E-state index contributed by atoms with van der Waals surface area (Å²) in [6, 6.07) is 6.80. The van der Waals surface area contributed by atoms with Gasteiger partial charge in [-0.05, 0) is 64.0 Å². The number of hydrogen-bond acceptors (Lipinski definition) is 4. The second-order valence-electron chi connectivity index (χ2n) is 5.54. The molecule has 2 rings (SSSR count). The molecule has 0 bridgehead atoms. The van der Waals surface area contributed by atoms with Crippen LogP contribution in [0.25, 0.3) is 0 Å². The van der Waals surface area contributed by atoms with E-state index in [2.05, 4.69) is 10.6 Å². The van der Waals surface area contributed by atoms with Crippen LogP contribution in [-0.4, -0.2) is 31.1 Å². The van der Waals surface area contributed by atoms with Crippen LogP contribution in [0.1, 0.15) is 37.0 Å². The molecular formula is C16H22N2O3. The van der Waals surface area contributed by atoms with Crippen LogP contribution in [0.4, 0.5) is 5.69 Å². The number of rotatable bonds is 4. The molecule has 1 heterocycles. The molecule has 0 aromatic heterocycles. The van der Waals surface area contributed by atoms with Crippen molar-refractivity contribution in [3.63, 3.8) is 0 Å². The van der Waals surface area contributed by atoms with Crippen LogP contribution in [0.5, 0.6) is 0 Å². The van der Waals surface area contributed by atoms with Crippen molar-refractivity contribution in [3.8, 4) is 0 Å². The Labute approximate surface area is 125 Å². The molecule has 5 nitrogen and oxygen atoms in total. The molecule has 0 saturated carbocycles. The highest BCUT2D eigenvalue weighted by Crippen LogP contribution is 2.16. The molecule has 21 heavy (non-hydrogen) atoms. The summed E-state index contributed by atoms with van der Waals surface area (Å²) in [5, 5.41) is 6.14. The number of ether oxygens (including phenoxy) is 1. The van der Waals surface area contributed by atoms with E-state index in [4.69, 9.17) is 4.74 Å². The summed E-state index contributed by atoms with van der Waals surface area (Å²) in [4.78, 5) is 23.8. The van der Waals surface area contributed by atoms with E-state index in [0.717, 1.165) is 25.9 Å². The summed E-state index contributed by atoms with van der Waals surface area (Å²) < 4.78 is 5.12. The number of amides is 1. The van der Waals surface area contributed by atoms with Crippen LogP contribution >= 0.6 is 0 Å². The van der Waals surface area contributed by atoms with Crippen LogP contribution in [-0.2, 0) is 9.53 Å². The predicted octanol–water partition coefficient (Wildman–Crippen LogP) is 2.19. The summed E-state index contributed by atoms with van der Waals surface area (Å²) in [6.45, 7) is 5.40. The Kier molecular flexibility index (Phi) is 5.33. The van der Waals surface area contributed by atoms with Crippen LogP contribution in [0.3, 0.4) is 0 Å². The van der Waals surface area contributed by atoms with Gasteiger partial charge in [0.1, 0.15) is 0 Å². The molecule has 114 valence electrons. The van der Waals surface area contributed by atoms with Crippen molar-refractivity contribution in [3.05, 3.63) is 29.8 Å². The fourth-order valence-corrected chi connectivity index (χ4v) is 2.30. The number of hydrogen-bond donors (Lipinski definition) is 2. The monoisotopic (exact) mass is 290 g/mol. The van der Waals surface area contributed by atoms with E-state index in [0.29, 0.717) is 11.3 Å². The lowest BCUT2D eigenvalue weighted by Crippen LogP contribution is -2.34. The maximum atomic E-state index is 12.1. The standard InChI is InChI=1S/C16H22N2O3/c1-11(2)21-16(20)13-3-5-14(6-4-13)18-15(19)12-7-9-17-10-8-12/h3-6,11-12,17H,7-10H2,1-2H3,(H,18,19). The number of benzene rings is 1. The largest absolute Gasteiger partial charge is 0.459 e. The van der Waals surface area contributed by atoms with Crippen LogP contribution < -0.4 is 10.6 Å². The third kappa shape index (κ3) is 4.56.